The van der Waals surface area contributed by atoms with Crippen LogP contribution in [0.2, 0.25) is 0 Å². The van der Waals surface area contributed by atoms with Crippen molar-refractivity contribution < 1.29 is 9.47 Å². The van der Waals surface area contributed by atoms with Gasteiger partial charge in [-0.15, -0.1) is 0 Å². The molecule has 1 rings (SSSR count). The van der Waals surface area contributed by atoms with Crippen LogP contribution in [0.15, 0.2) is 18.2 Å². The van der Waals surface area contributed by atoms with E-state index in [9.17, 15) is 0 Å². The zero-order chi connectivity index (χ0) is 15.0. The number of hydrogen-bond acceptors (Lipinski definition) is 3. The van der Waals surface area contributed by atoms with Crippen LogP contribution in [0.25, 0.3) is 0 Å². The zero-order valence-electron chi connectivity index (χ0n) is 13.5. The Labute approximate surface area is 123 Å². The third-order valence-corrected chi connectivity index (χ3v) is 3.27. The quantitative estimate of drug-likeness (QED) is 0.741. The van der Waals surface area contributed by atoms with Gasteiger partial charge in [0.25, 0.3) is 0 Å². The molecule has 3 nitrogen and oxygen atoms in total. The van der Waals surface area contributed by atoms with Crippen molar-refractivity contribution in [2.75, 3.05) is 13.7 Å². The Morgan fingerprint density at radius 1 is 1.20 bits per heavy atom. The Morgan fingerprint density at radius 3 is 2.55 bits per heavy atom. The minimum atomic E-state index is 0.452. The Balaban J connectivity index is 2.71. The molecule has 0 aliphatic rings. The first-order valence-electron chi connectivity index (χ1n) is 7.59. The van der Waals surface area contributed by atoms with Crippen LogP contribution in [-0.4, -0.2) is 19.8 Å². The lowest BCUT2D eigenvalue weighted by Crippen LogP contribution is -2.22. The molecule has 0 bridgehead atoms. The Morgan fingerprint density at radius 2 is 1.95 bits per heavy atom. The lowest BCUT2D eigenvalue weighted by atomic mass is 10.1. The zero-order valence-corrected chi connectivity index (χ0v) is 13.5. The molecule has 0 saturated heterocycles. The molecule has 1 N–H and O–H groups in total. The van der Waals surface area contributed by atoms with Crippen LogP contribution < -0.4 is 14.8 Å². The summed E-state index contributed by atoms with van der Waals surface area (Å²) in [6.07, 6.45) is 2.41. The summed E-state index contributed by atoms with van der Waals surface area (Å²) in [4.78, 5) is 0. The average Bonchev–Trinajstić information content (AvgIpc) is 2.43. The van der Waals surface area contributed by atoms with Gasteiger partial charge in [0.2, 0.25) is 0 Å². The van der Waals surface area contributed by atoms with E-state index >= 15 is 0 Å². The van der Waals surface area contributed by atoms with E-state index in [0.29, 0.717) is 12.0 Å². The predicted molar refractivity (Wildman–Crippen MR) is 84.5 cm³/mol. The van der Waals surface area contributed by atoms with Crippen molar-refractivity contribution in [3.05, 3.63) is 23.8 Å². The van der Waals surface area contributed by atoms with E-state index in [2.05, 4.69) is 39.1 Å². The van der Waals surface area contributed by atoms with Gasteiger partial charge in [0.1, 0.15) is 11.5 Å². The SMILES string of the molecule is CCCC(C)COc1ccc(OC)cc1CNC(C)C. The number of hydrogen-bond donors (Lipinski definition) is 1. The van der Waals surface area contributed by atoms with E-state index in [1.165, 1.54) is 12.8 Å². The van der Waals surface area contributed by atoms with Crippen LogP contribution in [0.1, 0.15) is 46.1 Å². The Hall–Kier alpha value is -1.22. The molecule has 0 aliphatic heterocycles. The number of ether oxygens (including phenoxy) is 2. The van der Waals surface area contributed by atoms with Crippen molar-refractivity contribution in [2.45, 2.75) is 53.1 Å². The molecule has 114 valence electrons. The standard InChI is InChI=1S/C17H29NO2/c1-6-7-14(4)12-20-17-9-8-16(19-5)10-15(17)11-18-13(2)3/h8-10,13-14,18H,6-7,11-12H2,1-5H3. The summed E-state index contributed by atoms with van der Waals surface area (Å²) in [6, 6.07) is 6.47. The van der Waals surface area contributed by atoms with Gasteiger partial charge in [-0.05, 0) is 30.5 Å². The molecule has 0 radical (unpaired) electrons. The maximum atomic E-state index is 5.99. The van der Waals surface area contributed by atoms with Gasteiger partial charge >= 0.3 is 0 Å². The van der Waals surface area contributed by atoms with Crippen LogP contribution in [0.4, 0.5) is 0 Å². The molecule has 0 aromatic heterocycles. The minimum absolute atomic E-state index is 0.452. The first kappa shape index (κ1) is 16.8. The Bertz CT molecular complexity index is 391. The van der Waals surface area contributed by atoms with Crippen LogP contribution in [-0.2, 0) is 6.54 Å². The molecule has 0 fully saturated rings. The van der Waals surface area contributed by atoms with Crippen molar-refractivity contribution >= 4 is 0 Å². The minimum Gasteiger partial charge on any atom is -0.497 e. The molecule has 0 saturated carbocycles. The predicted octanol–water partition coefficient (Wildman–Crippen LogP) is 4.01. The highest BCUT2D eigenvalue weighted by molar-refractivity contribution is 5.40. The largest absolute Gasteiger partial charge is 0.497 e. The van der Waals surface area contributed by atoms with E-state index in [1.807, 2.05) is 12.1 Å². The van der Waals surface area contributed by atoms with E-state index < -0.39 is 0 Å². The van der Waals surface area contributed by atoms with Crippen molar-refractivity contribution in [3.63, 3.8) is 0 Å². The third kappa shape index (κ3) is 5.83. The summed E-state index contributed by atoms with van der Waals surface area (Å²) in [5.41, 5.74) is 1.15. The van der Waals surface area contributed by atoms with E-state index in [4.69, 9.17) is 9.47 Å². The van der Waals surface area contributed by atoms with Crippen LogP contribution in [0.3, 0.4) is 0 Å². The third-order valence-electron chi connectivity index (χ3n) is 3.27. The number of rotatable bonds is 9. The summed E-state index contributed by atoms with van der Waals surface area (Å²) in [7, 11) is 1.69. The smallest absolute Gasteiger partial charge is 0.124 e. The average molecular weight is 279 g/mol. The van der Waals surface area contributed by atoms with Crippen LogP contribution >= 0.6 is 0 Å². The number of benzene rings is 1. The van der Waals surface area contributed by atoms with Gasteiger partial charge in [0.05, 0.1) is 13.7 Å². The van der Waals surface area contributed by atoms with Gasteiger partial charge in [-0.25, -0.2) is 0 Å². The lowest BCUT2D eigenvalue weighted by Gasteiger charge is -2.17. The molecule has 1 atom stereocenters. The molecule has 1 aromatic rings. The summed E-state index contributed by atoms with van der Waals surface area (Å²) in [5, 5.41) is 3.43. The fourth-order valence-electron chi connectivity index (χ4n) is 2.08. The molecular weight excluding hydrogens is 250 g/mol. The molecule has 0 spiro atoms. The molecular formula is C17H29NO2. The highest BCUT2D eigenvalue weighted by atomic mass is 16.5. The summed E-state index contributed by atoms with van der Waals surface area (Å²) in [6.45, 7) is 10.3. The number of methoxy groups -OCH3 is 1. The first-order chi connectivity index (χ1) is 9.56. The highest BCUT2D eigenvalue weighted by Gasteiger charge is 2.08. The van der Waals surface area contributed by atoms with Gasteiger partial charge in [0.15, 0.2) is 0 Å². The maximum absolute atomic E-state index is 5.99. The topological polar surface area (TPSA) is 30.5 Å². The van der Waals surface area contributed by atoms with Crippen molar-refractivity contribution in [1.82, 2.24) is 5.32 Å². The van der Waals surface area contributed by atoms with E-state index in [-0.39, 0.29) is 0 Å². The fourth-order valence-corrected chi connectivity index (χ4v) is 2.08. The van der Waals surface area contributed by atoms with Crippen LogP contribution in [0, 0.1) is 5.92 Å². The molecule has 0 amide bonds. The second kappa shape index (κ2) is 8.85. The summed E-state index contributed by atoms with van der Waals surface area (Å²) in [5.74, 6) is 2.43. The van der Waals surface area contributed by atoms with Crippen LogP contribution in [0.5, 0.6) is 11.5 Å². The second-order valence-corrected chi connectivity index (χ2v) is 5.71. The van der Waals surface area contributed by atoms with Gasteiger partial charge < -0.3 is 14.8 Å². The maximum Gasteiger partial charge on any atom is 0.124 e. The molecule has 3 heteroatoms. The lowest BCUT2D eigenvalue weighted by molar-refractivity contribution is 0.248. The van der Waals surface area contributed by atoms with Crippen molar-refractivity contribution in [3.8, 4) is 11.5 Å². The summed E-state index contributed by atoms with van der Waals surface area (Å²) < 4.78 is 11.3. The molecule has 1 aromatic carbocycles. The van der Waals surface area contributed by atoms with Crippen molar-refractivity contribution in [2.24, 2.45) is 5.92 Å². The molecule has 20 heavy (non-hydrogen) atoms. The summed E-state index contributed by atoms with van der Waals surface area (Å²) >= 11 is 0. The second-order valence-electron chi connectivity index (χ2n) is 5.71. The molecule has 0 heterocycles. The van der Waals surface area contributed by atoms with E-state index in [0.717, 1.165) is 30.2 Å². The van der Waals surface area contributed by atoms with Gasteiger partial charge in [-0.3, -0.25) is 0 Å². The Kier molecular flexibility index (Phi) is 7.45. The normalized spacial score (nSPS) is 12.5. The number of nitrogens with one attached hydrogen (secondary N) is 1. The first-order valence-corrected chi connectivity index (χ1v) is 7.59. The van der Waals surface area contributed by atoms with Crippen molar-refractivity contribution in [1.29, 1.82) is 0 Å². The monoisotopic (exact) mass is 279 g/mol. The van der Waals surface area contributed by atoms with Gasteiger partial charge in [-0.1, -0.05) is 34.1 Å². The van der Waals surface area contributed by atoms with Gasteiger partial charge in [0, 0.05) is 18.2 Å². The van der Waals surface area contributed by atoms with Gasteiger partial charge in [-0.2, -0.15) is 0 Å². The molecule has 0 aliphatic carbocycles. The fraction of sp³-hybridized carbons (Fsp3) is 0.647. The van der Waals surface area contributed by atoms with E-state index in [1.54, 1.807) is 7.11 Å². The molecule has 1 unspecified atom stereocenters. The highest BCUT2D eigenvalue weighted by Crippen LogP contribution is 2.25.